The molecule has 0 unspecified atom stereocenters. The predicted octanol–water partition coefficient (Wildman–Crippen LogP) is 2.73. The summed E-state index contributed by atoms with van der Waals surface area (Å²) in [4.78, 5) is 27.9. The van der Waals surface area contributed by atoms with E-state index in [-0.39, 0.29) is 5.56 Å². The van der Waals surface area contributed by atoms with Gasteiger partial charge in [0.15, 0.2) is 23.2 Å². The smallest absolute Gasteiger partial charge is 0.338 e. The molecule has 1 heterocycles. The number of nitrogens with zero attached hydrogens (tertiary/aromatic N) is 1. The minimum absolute atomic E-state index is 0.166. The van der Waals surface area contributed by atoms with E-state index >= 15 is 0 Å². The van der Waals surface area contributed by atoms with Crippen LogP contribution in [0.4, 0.5) is 5.13 Å². The van der Waals surface area contributed by atoms with Gasteiger partial charge in [0.05, 0.1) is 36.9 Å². The number of esters is 1. The Kier molecular flexibility index (Phi) is 6.59. The molecule has 0 aliphatic rings. The van der Waals surface area contributed by atoms with Crippen molar-refractivity contribution in [3.63, 3.8) is 0 Å². The van der Waals surface area contributed by atoms with E-state index in [0.717, 1.165) is 3.79 Å². The fourth-order valence-electron chi connectivity index (χ4n) is 1.88. The highest BCUT2D eigenvalue weighted by Crippen LogP contribution is 2.38. The first-order valence-electron chi connectivity index (χ1n) is 6.86. The van der Waals surface area contributed by atoms with Gasteiger partial charge in [-0.1, -0.05) is 11.3 Å². The number of nitrogens with one attached hydrogen (secondary N) is 1. The van der Waals surface area contributed by atoms with Crippen LogP contribution in [0.25, 0.3) is 0 Å². The fraction of sp³-hybridized carbons (Fsp3) is 0.267. The Morgan fingerprint density at radius 3 is 2.28 bits per heavy atom. The van der Waals surface area contributed by atoms with E-state index < -0.39 is 18.5 Å². The van der Waals surface area contributed by atoms with Gasteiger partial charge in [0.2, 0.25) is 5.75 Å². The first-order valence-corrected chi connectivity index (χ1v) is 8.47. The van der Waals surface area contributed by atoms with Gasteiger partial charge in [0.1, 0.15) is 0 Å². The normalized spacial score (nSPS) is 10.1. The van der Waals surface area contributed by atoms with Crippen LogP contribution in [0.15, 0.2) is 22.1 Å². The van der Waals surface area contributed by atoms with E-state index in [4.69, 9.17) is 18.9 Å². The van der Waals surface area contributed by atoms with E-state index in [2.05, 4.69) is 26.2 Å². The van der Waals surface area contributed by atoms with Crippen molar-refractivity contribution < 1.29 is 28.5 Å². The van der Waals surface area contributed by atoms with Crippen molar-refractivity contribution in [1.82, 2.24) is 4.98 Å². The lowest BCUT2D eigenvalue weighted by atomic mass is 10.2. The molecule has 1 aromatic heterocycles. The predicted molar refractivity (Wildman–Crippen MR) is 94.8 cm³/mol. The molecule has 2 aromatic rings. The SMILES string of the molecule is COc1cc(C(=O)OCC(=O)Nc2ncc(Br)s2)cc(OC)c1OC. The van der Waals surface area contributed by atoms with Crippen LogP contribution in [0, 0.1) is 0 Å². The van der Waals surface area contributed by atoms with Crippen molar-refractivity contribution in [3.05, 3.63) is 27.7 Å². The maximum absolute atomic E-state index is 12.2. The van der Waals surface area contributed by atoms with Crippen molar-refractivity contribution in [1.29, 1.82) is 0 Å². The molecule has 2 rings (SSSR count). The largest absolute Gasteiger partial charge is 0.493 e. The van der Waals surface area contributed by atoms with Crippen molar-refractivity contribution >= 4 is 44.3 Å². The second-order valence-electron chi connectivity index (χ2n) is 4.51. The number of anilines is 1. The second kappa shape index (κ2) is 8.67. The van der Waals surface area contributed by atoms with Crippen LogP contribution in [0.2, 0.25) is 0 Å². The quantitative estimate of drug-likeness (QED) is 0.674. The number of benzene rings is 1. The summed E-state index contributed by atoms with van der Waals surface area (Å²) >= 11 is 4.49. The Labute approximate surface area is 156 Å². The van der Waals surface area contributed by atoms with Gasteiger partial charge < -0.3 is 18.9 Å². The van der Waals surface area contributed by atoms with Crippen LogP contribution < -0.4 is 19.5 Å². The van der Waals surface area contributed by atoms with Crippen LogP contribution in [0.1, 0.15) is 10.4 Å². The number of hydrogen-bond donors (Lipinski definition) is 1. The molecule has 0 fully saturated rings. The van der Waals surface area contributed by atoms with Gasteiger partial charge >= 0.3 is 5.97 Å². The molecule has 0 aliphatic heterocycles. The molecule has 0 atom stereocenters. The van der Waals surface area contributed by atoms with Crippen molar-refractivity contribution in [2.24, 2.45) is 0 Å². The zero-order valence-corrected chi connectivity index (χ0v) is 16.0. The lowest BCUT2D eigenvalue weighted by molar-refractivity contribution is -0.119. The first-order chi connectivity index (χ1) is 12.0. The maximum atomic E-state index is 12.2. The zero-order valence-electron chi connectivity index (χ0n) is 13.6. The Morgan fingerprint density at radius 1 is 1.16 bits per heavy atom. The minimum atomic E-state index is -0.699. The summed E-state index contributed by atoms with van der Waals surface area (Å²) in [6.45, 7) is -0.452. The second-order valence-corrected chi connectivity index (χ2v) is 6.92. The van der Waals surface area contributed by atoms with Gasteiger partial charge in [-0.3, -0.25) is 10.1 Å². The molecule has 8 nitrogen and oxygen atoms in total. The molecule has 0 radical (unpaired) electrons. The third kappa shape index (κ3) is 4.83. The van der Waals surface area contributed by atoms with Crippen molar-refractivity contribution in [3.8, 4) is 17.2 Å². The molecular formula is C15H15BrN2O6S. The van der Waals surface area contributed by atoms with Crippen LogP contribution in [-0.2, 0) is 9.53 Å². The van der Waals surface area contributed by atoms with E-state index in [9.17, 15) is 9.59 Å². The average molecular weight is 431 g/mol. The summed E-state index contributed by atoms with van der Waals surface area (Å²) in [6.07, 6.45) is 1.56. The van der Waals surface area contributed by atoms with Gasteiger partial charge in [0, 0.05) is 0 Å². The van der Waals surface area contributed by atoms with Crippen LogP contribution in [0.3, 0.4) is 0 Å². The molecule has 0 spiro atoms. The molecule has 10 heteroatoms. The van der Waals surface area contributed by atoms with Crippen molar-refractivity contribution in [2.45, 2.75) is 0 Å². The van der Waals surface area contributed by atoms with Gasteiger partial charge in [0.25, 0.3) is 5.91 Å². The lowest BCUT2D eigenvalue weighted by Gasteiger charge is -2.13. The topological polar surface area (TPSA) is 96.0 Å². The number of halogens is 1. The molecule has 1 N–H and O–H groups in total. The van der Waals surface area contributed by atoms with Crippen LogP contribution in [0.5, 0.6) is 17.2 Å². The number of methoxy groups -OCH3 is 3. The lowest BCUT2D eigenvalue weighted by Crippen LogP contribution is -2.20. The first kappa shape index (κ1) is 19.0. The number of carbonyl (C=O) groups is 2. The average Bonchev–Trinajstić information content (AvgIpc) is 3.02. The number of carbonyl (C=O) groups excluding carboxylic acids is 2. The summed E-state index contributed by atoms with van der Waals surface area (Å²) in [5.41, 5.74) is 0.166. The van der Waals surface area contributed by atoms with E-state index in [1.54, 1.807) is 6.20 Å². The highest BCUT2D eigenvalue weighted by atomic mass is 79.9. The molecule has 1 aromatic carbocycles. The third-order valence-electron chi connectivity index (χ3n) is 2.96. The Hall–Kier alpha value is -2.33. The Balaban J connectivity index is 2.03. The zero-order chi connectivity index (χ0) is 18.4. The van der Waals surface area contributed by atoms with Gasteiger partial charge in [-0.05, 0) is 28.1 Å². The number of rotatable bonds is 7. The minimum Gasteiger partial charge on any atom is -0.493 e. The highest BCUT2D eigenvalue weighted by molar-refractivity contribution is 9.11. The summed E-state index contributed by atoms with van der Waals surface area (Å²) in [7, 11) is 4.33. The van der Waals surface area contributed by atoms with Gasteiger partial charge in [-0.25, -0.2) is 9.78 Å². The number of thiazole rings is 1. The van der Waals surface area contributed by atoms with Crippen molar-refractivity contribution in [2.75, 3.05) is 33.3 Å². The summed E-state index contributed by atoms with van der Waals surface area (Å²) < 4.78 is 21.3. The summed E-state index contributed by atoms with van der Waals surface area (Å²) in [5, 5.41) is 2.93. The number of amides is 1. The summed E-state index contributed by atoms with van der Waals surface area (Å²) in [5.74, 6) is -0.220. The molecule has 0 bridgehead atoms. The molecular weight excluding hydrogens is 416 g/mol. The monoisotopic (exact) mass is 430 g/mol. The summed E-state index contributed by atoms with van der Waals surface area (Å²) in [6, 6.07) is 2.89. The fourth-order valence-corrected chi connectivity index (χ4v) is 3.00. The number of aromatic nitrogens is 1. The van der Waals surface area contributed by atoms with Gasteiger partial charge in [-0.15, -0.1) is 0 Å². The molecule has 0 saturated carbocycles. The molecule has 25 heavy (non-hydrogen) atoms. The Bertz CT molecular complexity index is 754. The molecule has 0 saturated heterocycles. The van der Waals surface area contributed by atoms with E-state index in [1.807, 2.05) is 0 Å². The number of ether oxygens (including phenoxy) is 4. The molecule has 134 valence electrons. The Morgan fingerprint density at radius 2 is 1.80 bits per heavy atom. The highest BCUT2D eigenvalue weighted by Gasteiger charge is 2.18. The third-order valence-corrected chi connectivity index (χ3v) is 4.35. The van der Waals surface area contributed by atoms with E-state index in [0.29, 0.717) is 22.4 Å². The van der Waals surface area contributed by atoms with Gasteiger partial charge in [-0.2, -0.15) is 0 Å². The van der Waals surface area contributed by atoms with E-state index in [1.165, 1.54) is 44.8 Å². The van der Waals surface area contributed by atoms with Crippen LogP contribution in [-0.4, -0.2) is 44.8 Å². The molecule has 1 amide bonds. The number of hydrogen-bond acceptors (Lipinski definition) is 8. The maximum Gasteiger partial charge on any atom is 0.338 e. The standard InChI is InChI=1S/C15H15BrN2O6S/c1-21-9-4-8(5-10(22-2)13(9)23-3)14(20)24-7-12(19)18-15-17-6-11(16)25-15/h4-6H,7H2,1-3H3,(H,17,18,19). The van der Waals surface area contributed by atoms with Crippen LogP contribution >= 0.6 is 27.3 Å². The molecule has 0 aliphatic carbocycles.